The van der Waals surface area contributed by atoms with Crippen LogP contribution in [-0.2, 0) is 4.74 Å². The molecule has 1 aromatic carbocycles. The molecule has 1 amide bonds. The molecule has 16 heavy (non-hydrogen) atoms. The quantitative estimate of drug-likeness (QED) is 0.853. The first-order chi connectivity index (χ1) is 7.75. The number of rotatable bonds is 1. The lowest BCUT2D eigenvalue weighted by atomic mass is 10.2. The fourth-order valence-electron chi connectivity index (χ4n) is 2.26. The molecule has 5 heteroatoms. The number of ether oxygens (including phenoxy) is 1. The Morgan fingerprint density at radius 2 is 2.31 bits per heavy atom. The van der Waals surface area contributed by atoms with E-state index in [1.54, 1.807) is 4.90 Å². The predicted molar refractivity (Wildman–Crippen MR) is 63.5 cm³/mol. The van der Waals surface area contributed by atoms with Crippen molar-refractivity contribution in [1.82, 2.24) is 5.32 Å². The van der Waals surface area contributed by atoms with Crippen molar-refractivity contribution in [3.05, 3.63) is 28.7 Å². The third-order valence-electron chi connectivity index (χ3n) is 3.00. The van der Waals surface area contributed by atoms with Gasteiger partial charge >= 0.3 is 6.09 Å². The highest BCUT2D eigenvalue weighted by atomic mass is 79.9. The molecule has 4 nitrogen and oxygen atoms in total. The summed E-state index contributed by atoms with van der Waals surface area (Å²) in [5, 5.41) is 3.23. The van der Waals surface area contributed by atoms with Crippen molar-refractivity contribution in [2.24, 2.45) is 0 Å². The normalized spacial score (nSPS) is 28.1. The monoisotopic (exact) mass is 282 g/mol. The second-order valence-electron chi connectivity index (χ2n) is 4.00. The van der Waals surface area contributed by atoms with Crippen LogP contribution >= 0.6 is 15.9 Å². The summed E-state index contributed by atoms with van der Waals surface area (Å²) in [5.41, 5.74) is 0.885. The van der Waals surface area contributed by atoms with Gasteiger partial charge in [0.25, 0.3) is 0 Å². The maximum atomic E-state index is 11.8. The van der Waals surface area contributed by atoms with Crippen molar-refractivity contribution in [3.8, 4) is 0 Å². The number of hydrogen-bond acceptors (Lipinski definition) is 3. The highest BCUT2D eigenvalue weighted by molar-refractivity contribution is 9.10. The number of anilines is 1. The van der Waals surface area contributed by atoms with Crippen LogP contribution in [0.1, 0.15) is 0 Å². The smallest absolute Gasteiger partial charge is 0.415 e. The first-order valence-electron chi connectivity index (χ1n) is 5.22. The van der Waals surface area contributed by atoms with Gasteiger partial charge in [-0.05, 0) is 18.2 Å². The molecule has 2 saturated heterocycles. The van der Waals surface area contributed by atoms with Crippen LogP contribution in [0.3, 0.4) is 0 Å². The Hall–Kier alpha value is -1.07. The molecule has 0 aliphatic carbocycles. The van der Waals surface area contributed by atoms with Gasteiger partial charge in [-0.25, -0.2) is 4.79 Å². The van der Waals surface area contributed by atoms with Crippen LogP contribution in [0.4, 0.5) is 10.5 Å². The fraction of sp³-hybridized carbons (Fsp3) is 0.364. The number of hydrogen-bond donors (Lipinski definition) is 1. The Morgan fingerprint density at radius 1 is 1.44 bits per heavy atom. The van der Waals surface area contributed by atoms with E-state index in [4.69, 9.17) is 4.74 Å². The standard InChI is InChI=1S/C11H11BrN2O2/c12-7-2-1-3-8(4-7)14-9-5-13-6-10(9)16-11(14)15/h1-4,9-10,13H,5-6H2. The van der Waals surface area contributed by atoms with E-state index < -0.39 is 0 Å². The lowest BCUT2D eigenvalue weighted by Crippen LogP contribution is -2.37. The minimum Gasteiger partial charge on any atom is -0.442 e. The van der Waals surface area contributed by atoms with E-state index in [9.17, 15) is 4.79 Å². The molecule has 2 atom stereocenters. The minimum atomic E-state index is -0.241. The van der Waals surface area contributed by atoms with Gasteiger partial charge in [-0.2, -0.15) is 0 Å². The number of carbonyl (C=O) groups excluding carboxylic acids is 1. The third-order valence-corrected chi connectivity index (χ3v) is 3.49. The van der Waals surface area contributed by atoms with E-state index in [2.05, 4.69) is 21.2 Å². The molecule has 0 spiro atoms. The molecule has 2 aliphatic heterocycles. The second-order valence-corrected chi connectivity index (χ2v) is 4.91. The Balaban J connectivity index is 1.96. The Morgan fingerprint density at radius 3 is 3.12 bits per heavy atom. The van der Waals surface area contributed by atoms with Gasteiger partial charge < -0.3 is 10.1 Å². The van der Waals surface area contributed by atoms with E-state index in [1.165, 1.54) is 0 Å². The van der Waals surface area contributed by atoms with E-state index >= 15 is 0 Å². The van der Waals surface area contributed by atoms with Gasteiger partial charge in [0.2, 0.25) is 0 Å². The van der Waals surface area contributed by atoms with Crippen LogP contribution in [0.2, 0.25) is 0 Å². The van der Waals surface area contributed by atoms with Crippen LogP contribution in [0.25, 0.3) is 0 Å². The third kappa shape index (κ3) is 1.51. The Labute approximate surface area is 102 Å². The maximum Gasteiger partial charge on any atom is 0.415 e. The zero-order chi connectivity index (χ0) is 11.1. The first kappa shape index (κ1) is 10.1. The number of carbonyl (C=O) groups is 1. The van der Waals surface area contributed by atoms with Crippen molar-refractivity contribution >= 4 is 27.7 Å². The van der Waals surface area contributed by atoms with Gasteiger partial charge in [-0.15, -0.1) is 0 Å². The van der Waals surface area contributed by atoms with E-state index in [-0.39, 0.29) is 18.2 Å². The van der Waals surface area contributed by atoms with Gasteiger partial charge in [-0.3, -0.25) is 4.90 Å². The summed E-state index contributed by atoms with van der Waals surface area (Å²) in [6.07, 6.45) is -0.249. The van der Waals surface area contributed by atoms with Crippen LogP contribution in [0.15, 0.2) is 28.7 Å². The summed E-state index contributed by atoms with van der Waals surface area (Å²) in [4.78, 5) is 13.5. The minimum absolute atomic E-state index is 0.00789. The van der Waals surface area contributed by atoms with Crippen molar-refractivity contribution in [2.75, 3.05) is 18.0 Å². The SMILES string of the molecule is O=C1OC2CNCC2N1c1cccc(Br)c1. The topological polar surface area (TPSA) is 41.6 Å². The number of amides is 1. The van der Waals surface area contributed by atoms with Crippen LogP contribution in [0.5, 0.6) is 0 Å². The molecule has 0 radical (unpaired) electrons. The zero-order valence-corrected chi connectivity index (χ0v) is 10.1. The molecule has 0 bridgehead atoms. The molecule has 1 N–H and O–H groups in total. The van der Waals surface area contributed by atoms with Crippen molar-refractivity contribution < 1.29 is 9.53 Å². The number of nitrogens with zero attached hydrogens (tertiary/aromatic N) is 1. The summed E-state index contributed by atoms with van der Waals surface area (Å²) in [6.45, 7) is 1.55. The molecule has 2 unspecified atom stereocenters. The highest BCUT2D eigenvalue weighted by Crippen LogP contribution is 2.30. The van der Waals surface area contributed by atoms with Crippen molar-refractivity contribution in [1.29, 1.82) is 0 Å². The molecule has 0 saturated carbocycles. The van der Waals surface area contributed by atoms with Crippen molar-refractivity contribution in [2.45, 2.75) is 12.1 Å². The number of nitrogens with one attached hydrogen (secondary N) is 1. The summed E-state index contributed by atoms with van der Waals surface area (Å²) in [5.74, 6) is 0. The summed E-state index contributed by atoms with van der Waals surface area (Å²) >= 11 is 3.41. The molecule has 2 aliphatic rings. The molecule has 3 rings (SSSR count). The Kier molecular flexibility index (Phi) is 2.37. The average molecular weight is 283 g/mol. The zero-order valence-electron chi connectivity index (χ0n) is 8.52. The number of fused-ring (bicyclic) bond motifs is 1. The van der Waals surface area contributed by atoms with Gasteiger partial charge in [0.05, 0.1) is 6.04 Å². The van der Waals surface area contributed by atoms with Gasteiger partial charge in [0, 0.05) is 23.2 Å². The van der Waals surface area contributed by atoms with E-state index in [0.29, 0.717) is 0 Å². The first-order valence-corrected chi connectivity index (χ1v) is 6.01. The fourth-order valence-corrected chi connectivity index (χ4v) is 2.65. The summed E-state index contributed by atoms with van der Waals surface area (Å²) in [6, 6.07) is 7.84. The van der Waals surface area contributed by atoms with Gasteiger partial charge in [-0.1, -0.05) is 22.0 Å². The summed E-state index contributed by atoms with van der Waals surface area (Å²) in [7, 11) is 0. The number of halogens is 1. The number of benzene rings is 1. The molecular formula is C11H11BrN2O2. The maximum absolute atomic E-state index is 11.8. The average Bonchev–Trinajstić information content (AvgIpc) is 2.76. The van der Waals surface area contributed by atoms with Gasteiger partial charge in [0.1, 0.15) is 6.10 Å². The van der Waals surface area contributed by atoms with E-state index in [0.717, 1.165) is 23.2 Å². The lowest BCUT2D eigenvalue weighted by Gasteiger charge is -2.19. The summed E-state index contributed by atoms with van der Waals surface area (Å²) < 4.78 is 6.27. The van der Waals surface area contributed by atoms with Crippen LogP contribution in [-0.4, -0.2) is 31.3 Å². The molecule has 2 fully saturated rings. The molecule has 1 aromatic rings. The lowest BCUT2D eigenvalue weighted by molar-refractivity contribution is 0.143. The molecule has 0 aromatic heterocycles. The molecule has 2 heterocycles. The highest BCUT2D eigenvalue weighted by Gasteiger charge is 2.45. The second kappa shape index (κ2) is 3.75. The Bertz CT molecular complexity index is 438. The van der Waals surface area contributed by atoms with Crippen LogP contribution in [0, 0.1) is 0 Å². The largest absolute Gasteiger partial charge is 0.442 e. The van der Waals surface area contributed by atoms with Crippen molar-refractivity contribution in [3.63, 3.8) is 0 Å². The van der Waals surface area contributed by atoms with E-state index in [1.807, 2.05) is 24.3 Å². The van der Waals surface area contributed by atoms with Gasteiger partial charge in [0.15, 0.2) is 0 Å². The predicted octanol–water partition coefficient (Wildman–Crippen LogP) is 1.75. The molecular weight excluding hydrogens is 272 g/mol. The molecule has 84 valence electrons. The van der Waals surface area contributed by atoms with Crippen LogP contribution < -0.4 is 10.2 Å².